The summed E-state index contributed by atoms with van der Waals surface area (Å²) in [5, 5.41) is 8.59. The van der Waals surface area contributed by atoms with E-state index in [9.17, 15) is 18.0 Å². The zero-order valence-corrected chi connectivity index (χ0v) is 17.9. The largest absolute Gasteiger partial charge is 0.353 e. The van der Waals surface area contributed by atoms with Crippen LogP contribution in [-0.4, -0.2) is 63.3 Å². The van der Waals surface area contributed by atoms with Crippen LogP contribution in [0.5, 0.6) is 0 Å². The fourth-order valence-corrected chi connectivity index (χ4v) is 4.51. The maximum Gasteiger partial charge on any atom is 0.251 e. The van der Waals surface area contributed by atoms with Crippen molar-refractivity contribution in [1.29, 1.82) is 0 Å². The van der Waals surface area contributed by atoms with Crippen LogP contribution in [0.15, 0.2) is 29.2 Å². The van der Waals surface area contributed by atoms with E-state index in [1.807, 2.05) is 0 Å². The summed E-state index contributed by atoms with van der Waals surface area (Å²) in [7, 11) is -3.64. The first-order valence-electron chi connectivity index (χ1n) is 9.27. The monoisotopic (exact) mass is 432 g/mol. The third-order valence-electron chi connectivity index (χ3n) is 4.56. The third kappa shape index (κ3) is 6.44. The SMILES string of the molecule is CCN(CC)S(=O)(=O)c1cccc(C(=O)NCC(=O)NCC2CCCN2)c1.Cl. The van der Waals surface area contributed by atoms with Crippen LogP contribution in [-0.2, 0) is 14.8 Å². The van der Waals surface area contributed by atoms with E-state index in [1.54, 1.807) is 13.8 Å². The number of amides is 2. The minimum absolute atomic E-state index is 0. The van der Waals surface area contributed by atoms with Crippen molar-refractivity contribution in [3.05, 3.63) is 29.8 Å². The maximum absolute atomic E-state index is 12.6. The Labute approximate surface area is 172 Å². The maximum atomic E-state index is 12.6. The van der Waals surface area contributed by atoms with Gasteiger partial charge in [-0.1, -0.05) is 19.9 Å². The molecular weight excluding hydrogens is 404 g/mol. The number of nitrogens with one attached hydrogen (secondary N) is 3. The molecule has 1 atom stereocenters. The molecule has 0 aliphatic carbocycles. The summed E-state index contributed by atoms with van der Waals surface area (Å²) in [5.41, 5.74) is 0.202. The number of hydrogen-bond donors (Lipinski definition) is 3. The second-order valence-electron chi connectivity index (χ2n) is 6.40. The molecule has 1 unspecified atom stereocenters. The molecule has 1 aliphatic heterocycles. The van der Waals surface area contributed by atoms with Crippen LogP contribution < -0.4 is 16.0 Å². The Morgan fingerprint density at radius 3 is 2.54 bits per heavy atom. The van der Waals surface area contributed by atoms with Gasteiger partial charge in [0.1, 0.15) is 0 Å². The van der Waals surface area contributed by atoms with Crippen molar-refractivity contribution in [1.82, 2.24) is 20.3 Å². The van der Waals surface area contributed by atoms with E-state index in [1.165, 1.54) is 28.6 Å². The lowest BCUT2D eigenvalue weighted by Gasteiger charge is -2.18. The van der Waals surface area contributed by atoms with Gasteiger partial charge >= 0.3 is 0 Å². The van der Waals surface area contributed by atoms with Crippen LogP contribution >= 0.6 is 12.4 Å². The average Bonchev–Trinajstić information content (AvgIpc) is 3.19. The molecule has 0 bridgehead atoms. The van der Waals surface area contributed by atoms with Crippen LogP contribution in [0.2, 0.25) is 0 Å². The van der Waals surface area contributed by atoms with E-state index in [4.69, 9.17) is 0 Å². The van der Waals surface area contributed by atoms with Crippen LogP contribution in [0.1, 0.15) is 37.0 Å². The van der Waals surface area contributed by atoms with Gasteiger partial charge in [0, 0.05) is 31.2 Å². The molecule has 10 heteroatoms. The van der Waals surface area contributed by atoms with Crippen molar-refractivity contribution in [3.8, 4) is 0 Å². The molecule has 1 aromatic rings. The van der Waals surface area contributed by atoms with Gasteiger partial charge < -0.3 is 16.0 Å². The number of carbonyl (C=O) groups is 2. The first kappa shape index (κ1) is 24.4. The van der Waals surface area contributed by atoms with Crippen LogP contribution in [0, 0.1) is 0 Å². The minimum atomic E-state index is -3.64. The molecule has 1 aromatic carbocycles. The van der Waals surface area contributed by atoms with Gasteiger partial charge in [0.05, 0.1) is 11.4 Å². The van der Waals surface area contributed by atoms with Gasteiger partial charge in [0.15, 0.2) is 0 Å². The number of sulfonamides is 1. The first-order chi connectivity index (χ1) is 12.9. The number of rotatable bonds is 9. The van der Waals surface area contributed by atoms with E-state index in [-0.39, 0.29) is 41.4 Å². The highest BCUT2D eigenvalue weighted by Gasteiger charge is 2.22. The summed E-state index contributed by atoms with van der Waals surface area (Å²) in [6.07, 6.45) is 2.13. The van der Waals surface area contributed by atoms with Crippen molar-refractivity contribution in [3.63, 3.8) is 0 Å². The molecule has 158 valence electrons. The molecule has 1 saturated heterocycles. The fraction of sp³-hybridized carbons (Fsp3) is 0.556. The normalized spacial score (nSPS) is 16.5. The smallest absolute Gasteiger partial charge is 0.251 e. The average molecular weight is 433 g/mol. The summed E-state index contributed by atoms with van der Waals surface area (Å²) in [6, 6.07) is 6.13. The van der Waals surface area contributed by atoms with Crippen LogP contribution in [0.4, 0.5) is 0 Å². The topological polar surface area (TPSA) is 108 Å². The predicted octanol–water partition coefficient (Wildman–Crippen LogP) is 0.737. The number of halogens is 1. The lowest BCUT2D eigenvalue weighted by atomic mass is 10.2. The molecule has 1 fully saturated rings. The summed E-state index contributed by atoms with van der Waals surface area (Å²) in [4.78, 5) is 24.2. The van der Waals surface area contributed by atoms with Gasteiger partial charge in [-0.15, -0.1) is 12.4 Å². The molecule has 0 radical (unpaired) electrons. The zero-order chi connectivity index (χ0) is 19.9. The molecule has 28 heavy (non-hydrogen) atoms. The second-order valence-corrected chi connectivity index (χ2v) is 8.34. The molecule has 3 N–H and O–H groups in total. The standard InChI is InChI=1S/C18H28N4O4S.ClH/c1-3-22(4-2)27(25,26)16-9-5-7-14(11-16)18(24)21-13-17(23)20-12-15-8-6-10-19-15;/h5,7,9,11,15,19H,3-4,6,8,10,12-13H2,1-2H3,(H,20,23)(H,21,24);1H. The van der Waals surface area contributed by atoms with Gasteiger partial charge in [-0.05, 0) is 37.6 Å². The molecule has 1 heterocycles. The van der Waals surface area contributed by atoms with Crippen LogP contribution in [0.25, 0.3) is 0 Å². The molecular formula is C18H29ClN4O4S. The number of benzene rings is 1. The molecule has 0 aromatic heterocycles. The van der Waals surface area contributed by atoms with E-state index in [0.717, 1.165) is 19.4 Å². The van der Waals surface area contributed by atoms with Gasteiger partial charge in [-0.3, -0.25) is 9.59 Å². The molecule has 2 amide bonds. The third-order valence-corrected chi connectivity index (χ3v) is 6.60. The number of nitrogens with zero attached hydrogens (tertiary/aromatic N) is 1. The van der Waals surface area contributed by atoms with E-state index >= 15 is 0 Å². The zero-order valence-electron chi connectivity index (χ0n) is 16.2. The second kappa shape index (κ2) is 11.4. The highest BCUT2D eigenvalue weighted by molar-refractivity contribution is 7.89. The summed E-state index contributed by atoms with van der Waals surface area (Å²) < 4.78 is 26.5. The Kier molecular flexibility index (Phi) is 9.88. The lowest BCUT2D eigenvalue weighted by Crippen LogP contribution is -2.42. The predicted molar refractivity (Wildman–Crippen MR) is 110 cm³/mol. The van der Waals surface area contributed by atoms with Crippen molar-refractivity contribution in [2.24, 2.45) is 0 Å². The summed E-state index contributed by atoms with van der Waals surface area (Å²) >= 11 is 0. The number of hydrogen-bond acceptors (Lipinski definition) is 5. The Morgan fingerprint density at radius 2 is 1.93 bits per heavy atom. The highest BCUT2D eigenvalue weighted by atomic mass is 35.5. The van der Waals surface area contributed by atoms with Crippen molar-refractivity contribution in [2.75, 3.05) is 32.7 Å². The van der Waals surface area contributed by atoms with E-state index in [0.29, 0.717) is 19.6 Å². The fourth-order valence-electron chi connectivity index (χ4n) is 3.00. The minimum Gasteiger partial charge on any atom is -0.353 e. The molecule has 2 rings (SSSR count). The number of carbonyl (C=O) groups excluding carboxylic acids is 2. The van der Waals surface area contributed by atoms with Gasteiger partial charge in [-0.25, -0.2) is 8.42 Å². The van der Waals surface area contributed by atoms with Gasteiger partial charge in [0.2, 0.25) is 15.9 Å². The summed E-state index contributed by atoms with van der Waals surface area (Å²) in [5.74, 6) is -0.760. The van der Waals surface area contributed by atoms with Crippen molar-refractivity contribution in [2.45, 2.75) is 37.6 Å². The van der Waals surface area contributed by atoms with E-state index < -0.39 is 15.9 Å². The Morgan fingerprint density at radius 1 is 1.21 bits per heavy atom. The highest BCUT2D eigenvalue weighted by Crippen LogP contribution is 2.17. The first-order valence-corrected chi connectivity index (χ1v) is 10.7. The summed E-state index contributed by atoms with van der Waals surface area (Å²) in [6.45, 7) is 5.57. The Balaban J connectivity index is 0.00000392. The quantitative estimate of drug-likeness (QED) is 0.533. The molecule has 0 spiro atoms. The Bertz CT molecular complexity index is 763. The van der Waals surface area contributed by atoms with E-state index in [2.05, 4.69) is 16.0 Å². The molecule has 8 nitrogen and oxygen atoms in total. The van der Waals surface area contributed by atoms with Gasteiger partial charge in [0.25, 0.3) is 5.91 Å². The molecule has 0 saturated carbocycles. The lowest BCUT2D eigenvalue weighted by molar-refractivity contribution is -0.120. The Hall–Kier alpha value is -1.68. The molecule has 1 aliphatic rings. The van der Waals surface area contributed by atoms with Crippen LogP contribution in [0.3, 0.4) is 0 Å². The van der Waals surface area contributed by atoms with Crippen molar-refractivity contribution < 1.29 is 18.0 Å². The van der Waals surface area contributed by atoms with Gasteiger partial charge in [-0.2, -0.15) is 4.31 Å². The van der Waals surface area contributed by atoms with Crippen molar-refractivity contribution >= 4 is 34.2 Å².